The van der Waals surface area contributed by atoms with Crippen LogP contribution in [0.15, 0.2) is 357 Å². The third-order valence-corrected chi connectivity index (χ3v) is 25.4. The van der Waals surface area contributed by atoms with Gasteiger partial charge in [-0.1, -0.05) is 306 Å². The van der Waals surface area contributed by atoms with Crippen LogP contribution in [0, 0.1) is 5.82 Å². The molecule has 0 bridgehead atoms. The van der Waals surface area contributed by atoms with E-state index < -0.39 is 5.82 Å². The van der Waals surface area contributed by atoms with Gasteiger partial charge in [0.25, 0.3) is 0 Å². The van der Waals surface area contributed by atoms with Crippen LogP contribution in [0.4, 0.5) is 31.4 Å². The number of anilines is 4. The fourth-order valence-corrected chi connectivity index (χ4v) is 18.2. The average Bonchev–Trinajstić information content (AvgIpc) is 1.71. The van der Waals surface area contributed by atoms with E-state index in [0.717, 1.165) is 116 Å². The SMILES string of the molecule is C=CCNC(=O)Nc1nc2c(s1)CN(C(=O)Cn1nc(-c3ccccc3)cc1-c1ccccc1)CC2.COc1ccccc1N1CCN(C(=O)Cn2nc(-c3ccccc3)cc2-c2ccccc2)CC1=O.O=C(Cn1nc(-c2ccccc2)cc1-c1ccccc1)N1CCN(c2cccc(Br)c2)C(=O)C1.O=C(Cn1nc(-c2ccccc2)cc1-c1ccccc1)N1CCN(c2ccccc2F)C(=O)C1. The zero-order chi connectivity index (χ0) is 96.1. The van der Waals surface area contributed by atoms with Gasteiger partial charge < -0.3 is 44.4 Å². The Hall–Kier alpha value is -16.6. The van der Waals surface area contributed by atoms with Crippen molar-refractivity contribution in [1.82, 2.24) is 69.0 Å². The zero-order valence-electron chi connectivity index (χ0n) is 76.1. The Morgan fingerprint density at radius 3 is 1.07 bits per heavy atom. The van der Waals surface area contributed by atoms with Crippen molar-refractivity contribution in [1.29, 1.82) is 0 Å². The van der Waals surface area contributed by atoms with Crippen LogP contribution in [-0.4, -0.2) is 190 Å². The largest absolute Gasteiger partial charge is 0.495 e. The molecule has 27 nitrogen and oxygen atoms in total. The maximum atomic E-state index is 14.2. The number of methoxy groups -OCH3 is 1. The Bertz CT molecular complexity index is 7030. The minimum absolute atomic E-state index is 0.00401. The maximum Gasteiger partial charge on any atom is 0.321 e. The number of aromatic nitrogens is 9. The number of benzene rings is 11. The molecule has 0 saturated carbocycles. The Labute approximate surface area is 815 Å². The molecule has 11 aromatic carbocycles. The predicted molar refractivity (Wildman–Crippen MR) is 541 cm³/mol. The van der Waals surface area contributed by atoms with Crippen LogP contribution < -0.4 is 30.1 Å². The normalized spacial score (nSPS) is 13.5. The highest BCUT2D eigenvalue weighted by molar-refractivity contribution is 9.10. The number of halogens is 2. The molecule has 0 radical (unpaired) electrons. The molecule has 9 amide bonds. The van der Waals surface area contributed by atoms with Gasteiger partial charge in [0.1, 0.15) is 57.4 Å². The minimum atomic E-state index is -0.451. The van der Waals surface area contributed by atoms with Gasteiger partial charge in [0.2, 0.25) is 41.4 Å². The van der Waals surface area contributed by atoms with E-state index in [9.17, 15) is 42.7 Å². The molecule has 16 aromatic rings. The summed E-state index contributed by atoms with van der Waals surface area (Å²) in [5.41, 5.74) is 17.2. The summed E-state index contributed by atoms with van der Waals surface area (Å²) >= 11 is 4.85. The molecule has 3 saturated heterocycles. The van der Waals surface area contributed by atoms with Crippen LogP contribution in [0.1, 0.15) is 10.6 Å². The third kappa shape index (κ3) is 23.2. The lowest BCUT2D eigenvalue weighted by Crippen LogP contribution is -2.53. The monoisotopic (exact) mass is 1930 g/mol. The van der Waals surface area contributed by atoms with E-state index in [2.05, 4.69) is 38.1 Å². The molecule has 9 heterocycles. The van der Waals surface area contributed by atoms with Crippen molar-refractivity contribution in [2.75, 3.05) is 99.1 Å². The summed E-state index contributed by atoms with van der Waals surface area (Å²) in [5.74, 6) is -0.826. The second-order valence-corrected chi connectivity index (χ2v) is 35.0. The van der Waals surface area contributed by atoms with Gasteiger partial charge in [-0.05, 0) is 89.0 Å². The number of fused-ring (bicyclic) bond motifs is 1. The molecule has 698 valence electrons. The van der Waals surface area contributed by atoms with Crippen molar-refractivity contribution in [2.45, 2.75) is 39.1 Å². The van der Waals surface area contributed by atoms with E-state index in [0.29, 0.717) is 69.7 Å². The Kier molecular flexibility index (Phi) is 30.3. The quantitative estimate of drug-likeness (QED) is 0.0564. The lowest BCUT2D eigenvalue weighted by Gasteiger charge is -2.35. The van der Waals surface area contributed by atoms with Gasteiger partial charge >= 0.3 is 6.03 Å². The van der Waals surface area contributed by atoms with E-state index in [1.165, 1.54) is 27.2 Å². The van der Waals surface area contributed by atoms with Crippen molar-refractivity contribution < 1.29 is 47.5 Å². The summed E-state index contributed by atoms with van der Waals surface area (Å²) in [6, 6.07) is 108. The number of carbonyl (C=O) groups is 8. The average molecular weight is 1940 g/mol. The minimum Gasteiger partial charge on any atom is -0.495 e. The number of hydrogen-bond acceptors (Lipinski definition) is 15. The number of thiazole rings is 1. The third-order valence-electron chi connectivity index (χ3n) is 23.9. The first-order chi connectivity index (χ1) is 67.9. The van der Waals surface area contributed by atoms with Gasteiger partial charge in [-0.15, -0.1) is 6.58 Å². The number of amides is 9. The van der Waals surface area contributed by atoms with Gasteiger partial charge in [-0.25, -0.2) is 14.2 Å². The maximum absolute atomic E-state index is 14.2. The standard InChI is InChI=1S/C28H26N4O3.C27H23BrN4O2.C27H23FN4O2.C27H26N6O2S/c1-35-26-15-9-8-14-24(26)31-17-16-30(19-28(31)34)27(33)20-32-25(22-12-6-3-7-13-22)18-23(29-32)21-10-4-2-5-11-21;28-22-12-7-13-23(16-22)31-15-14-30(18-27(31)34)26(33)19-32-25(21-10-5-2-6-11-21)17-24(29-32)20-8-3-1-4-9-20;28-22-13-7-8-14-24(22)31-16-15-30(18-27(31)34)26(33)19-32-25(21-11-5-2-6-12-21)17-23(29-32)20-9-3-1-4-10-20;1-2-14-28-26(35)30-27-29-21-13-15-32(17-24(21)36-27)25(34)18-33-23(20-11-7-4-8-12-20)16-22(31-33)19-9-5-3-6-10-19/h2-15,18H,16-17,19-20H2,1H3;1-13,16-17H,14-15,18-19H2;1-14,17H,15-16,18-19H2;2-12,16H,1,13-15,17-18H2,(H2,28,29,30,35). The summed E-state index contributed by atoms with van der Waals surface area (Å²) in [6.45, 7) is 7.60. The number of ether oxygens (including phenoxy) is 1. The number of para-hydroxylation sites is 3. The number of urea groups is 1. The first kappa shape index (κ1) is 94.2. The second kappa shape index (κ2) is 44.7. The van der Waals surface area contributed by atoms with Gasteiger partial charge in [0.05, 0.1) is 76.3 Å². The molecule has 2 N–H and O–H groups in total. The number of piperazine rings is 3. The first-order valence-corrected chi connectivity index (χ1v) is 47.1. The van der Waals surface area contributed by atoms with Crippen LogP contribution in [0.2, 0.25) is 0 Å². The van der Waals surface area contributed by atoms with E-state index in [1.807, 2.05) is 320 Å². The highest BCUT2D eigenvalue weighted by atomic mass is 79.9. The molecule has 4 aliphatic rings. The summed E-state index contributed by atoms with van der Waals surface area (Å²) in [5, 5.41) is 25.0. The summed E-state index contributed by atoms with van der Waals surface area (Å²) in [4.78, 5) is 120. The highest BCUT2D eigenvalue weighted by Crippen LogP contribution is 2.36. The van der Waals surface area contributed by atoms with Crippen LogP contribution in [0.25, 0.3) is 90.1 Å². The lowest BCUT2D eigenvalue weighted by atomic mass is 10.1. The van der Waals surface area contributed by atoms with Crippen LogP contribution in [0.5, 0.6) is 5.75 Å². The first-order valence-electron chi connectivity index (χ1n) is 45.5. The molecule has 0 unspecified atom stereocenters. The van der Waals surface area contributed by atoms with Crippen LogP contribution >= 0.6 is 27.3 Å². The van der Waals surface area contributed by atoms with Crippen molar-refractivity contribution in [3.05, 3.63) is 373 Å². The fraction of sp³-hybridized carbons (Fsp3) is 0.165. The number of rotatable bonds is 23. The molecular weight excluding hydrogens is 1840 g/mol. The lowest BCUT2D eigenvalue weighted by molar-refractivity contribution is -0.137. The molecule has 5 aromatic heterocycles. The van der Waals surface area contributed by atoms with Gasteiger partial charge in [0.15, 0.2) is 5.13 Å². The van der Waals surface area contributed by atoms with Crippen LogP contribution in [0.3, 0.4) is 0 Å². The second-order valence-electron chi connectivity index (χ2n) is 33.0. The number of nitrogens with one attached hydrogen (secondary N) is 2. The number of hydrogen-bond donors (Lipinski definition) is 2. The van der Waals surface area contributed by atoms with Gasteiger partial charge in [0, 0.05) is 96.1 Å². The van der Waals surface area contributed by atoms with Crippen molar-refractivity contribution in [2.24, 2.45) is 0 Å². The summed E-state index contributed by atoms with van der Waals surface area (Å²) < 4.78 is 27.4. The summed E-state index contributed by atoms with van der Waals surface area (Å²) in [7, 11) is 1.58. The van der Waals surface area contributed by atoms with Crippen molar-refractivity contribution in [3.8, 4) is 95.8 Å². The highest BCUT2D eigenvalue weighted by Gasteiger charge is 2.35. The molecule has 0 spiro atoms. The molecule has 20 rings (SSSR count). The summed E-state index contributed by atoms with van der Waals surface area (Å²) in [6.07, 6.45) is 2.26. The van der Waals surface area contributed by atoms with Crippen molar-refractivity contribution >= 4 is 96.8 Å². The molecular formula is C109H98BrFN18O9S. The Morgan fingerprint density at radius 2 is 0.719 bits per heavy atom. The number of carbonyl (C=O) groups excluding carboxylic acids is 8. The van der Waals surface area contributed by atoms with Gasteiger partial charge in [-0.2, -0.15) is 20.4 Å². The number of nitrogens with zero attached hydrogens (tertiary/aromatic N) is 16. The topological polar surface area (TPSA) is 277 Å². The molecule has 30 heteroatoms. The van der Waals surface area contributed by atoms with Crippen molar-refractivity contribution in [3.63, 3.8) is 0 Å². The molecule has 3 fully saturated rings. The molecule has 4 aliphatic heterocycles. The van der Waals surface area contributed by atoms with E-state index in [1.54, 1.807) is 69.7 Å². The Morgan fingerprint density at radius 1 is 0.388 bits per heavy atom. The smallest absolute Gasteiger partial charge is 0.321 e. The molecule has 0 aliphatic carbocycles. The van der Waals surface area contributed by atoms with Crippen LogP contribution in [-0.2, 0) is 72.7 Å². The predicted octanol–water partition coefficient (Wildman–Crippen LogP) is 17.8. The van der Waals surface area contributed by atoms with E-state index in [4.69, 9.17) is 25.1 Å². The van der Waals surface area contributed by atoms with Gasteiger partial charge in [-0.3, -0.25) is 57.6 Å². The molecule has 139 heavy (non-hydrogen) atoms. The Balaban J connectivity index is 0.000000128. The van der Waals surface area contributed by atoms with E-state index in [-0.39, 0.29) is 105 Å². The molecule has 0 atom stereocenters. The zero-order valence-corrected chi connectivity index (χ0v) is 78.5. The fourth-order valence-electron chi connectivity index (χ4n) is 16.8. The van der Waals surface area contributed by atoms with E-state index >= 15 is 0 Å².